The maximum Gasteiger partial charge on any atom is 0.163 e. The van der Waals surface area contributed by atoms with E-state index in [2.05, 4.69) is 15.1 Å². The van der Waals surface area contributed by atoms with Gasteiger partial charge in [0.2, 0.25) is 0 Å². The van der Waals surface area contributed by atoms with Crippen molar-refractivity contribution in [1.29, 1.82) is 0 Å². The molecular formula is C17H11FN4. The summed E-state index contributed by atoms with van der Waals surface area (Å²) in [5.41, 5.74) is 3.53. The molecule has 0 N–H and O–H groups in total. The molecule has 5 heteroatoms. The van der Waals surface area contributed by atoms with E-state index in [-0.39, 0.29) is 5.82 Å². The molecule has 0 fully saturated rings. The highest BCUT2D eigenvalue weighted by Crippen LogP contribution is 2.27. The van der Waals surface area contributed by atoms with Crippen molar-refractivity contribution < 1.29 is 4.39 Å². The van der Waals surface area contributed by atoms with Gasteiger partial charge in [0.1, 0.15) is 5.82 Å². The minimum Gasteiger partial charge on any atom is -0.264 e. The maximum absolute atomic E-state index is 13.1. The van der Waals surface area contributed by atoms with Crippen LogP contribution in [0.15, 0.2) is 67.3 Å². The highest BCUT2D eigenvalue weighted by atomic mass is 19.1. The molecule has 0 unspecified atom stereocenters. The Kier molecular flexibility index (Phi) is 2.89. The van der Waals surface area contributed by atoms with Crippen molar-refractivity contribution in [2.24, 2.45) is 0 Å². The molecule has 0 amide bonds. The van der Waals surface area contributed by atoms with Gasteiger partial charge >= 0.3 is 0 Å². The Morgan fingerprint density at radius 3 is 2.55 bits per heavy atom. The summed E-state index contributed by atoms with van der Waals surface area (Å²) in [6.07, 6.45) is 7.06. The SMILES string of the molecule is Fc1ccc(-n2ncc3c(-c4cccnc4)ccnc32)cc1. The quantitative estimate of drug-likeness (QED) is 0.566. The average molecular weight is 290 g/mol. The Labute approximate surface area is 125 Å². The minimum absolute atomic E-state index is 0.274. The lowest BCUT2D eigenvalue weighted by Crippen LogP contribution is -1.97. The van der Waals surface area contributed by atoms with E-state index in [9.17, 15) is 4.39 Å². The van der Waals surface area contributed by atoms with Crippen LogP contribution in [0.2, 0.25) is 0 Å². The van der Waals surface area contributed by atoms with Crippen LogP contribution in [0.25, 0.3) is 27.8 Å². The molecule has 0 spiro atoms. The molecule has 3 aromatic heterocycles. The zero-order chi connectivity index (χ0) is 14.9. The van der Waals surface area contributed by atoms with Gasteiger partial charge in [0.25, 0.3) is 0 Å². The zero-order valence-electron chi connectivity index (χ0n) is 11.5. The van der Waals surface area contributed by atoms with Crippen molar-refractivity contribution >= 4 is 11.0 Å². The van der Waals surface area contributed by atoms with Crippen LogP contribution in [-0.2, 0) is 0 Å². The van der Waals surface area contributed by atoms with Gasteiger partial charge in [-0.1, -0.05) is 6.07 Å². The van der Waals surface area contributed by atoms with Gasteiger partial charge in [0.15, 0.2) is 5.65 Å². The molecule has 106 valence electrons. The first-order chi connectivity index (χ1) is 10.8. The normalized spacial score (nSPS) is 11.0. The largest absolute Gasteiger partial charge is 0.264 e. The van der Waals surface area contributed by atoms with Gasteiger partial charge in [-0.2, -0.15) is 5.10 Å². The summed E-state index contributed by atoms with van der Waals surface area (Å²) in [7, 11) is 0. The summed E-state index contributed by atoms with van der Waals surface area (Å²) < 4.78 is 14.8. The molecule has 0 atom stereocenters. The van der Waals surface area contributed by atoms with Crippen LogP contribution in [0.5, 0.6) is 0 Å². The molecule has 0 bridgehead atoms. The van der Waals surface area contributed by atoms with Crippen molar-refractivity contribution in [3.05, 3.63) is 73.1 Å². The van der Waals surface area contributed by atoms with E-state index in [1.165, 1.54) is 12.1 Å². The fourth-order valence-corrected chi connectivity index (χ4v) is 2.47. The third-order valence-corrected chi connectivity index (χ3v) is 3.52. The van der Waals surface area contributed by atoms with Crippen LogP contribution >= 0.6 is 0 Å². The smallest absolute Gasteiger partial charge is 0.163 e. The number of aromatic nitrogens is 4. The van der Waals surface area contributed by atoms with Crippen molar-refractivity contribution in [2.45, 2.75) is 0 Å². The van der Waals surface area contributed by atoms with Gasteiger partial charge < -0.3 is 0 Å². The Morgan fingerprint density at radius 1 is 0.909 bits per heavy atom. The summed E-state index contributed by atoms with van der Waals surface area (Å²) in [4.78, 5) is 8.57. The van der Waals surface area contributed by atoms with E-state index < -0.39 is 0 Å². The predicted octanol–water partition coefficient (Wildman–Crippen LogP) is 3.62. The number of rotatable bonds is 2. The van der Waals surface area contributed by atoms with Crippen LogP contribution in [0.4, 0.5) is 4.39 Å². The number of halogens is 1. The van der Waals surface area contributed by atoms with Gasteiger partial charge in [-0.25, -0.2) is 14.1 Å². The average Bonchev–Trinajstić information content (AvgIpc) is 3.00. The van der Waals surface area contributed by atoms with Gasteiger partial charge in [-0.15, -0.1) is 0 Å². The summed E-state index contributed by atoms with van der Waals surface area (Å²) in [6.45, 7) is 0. The molecule has 0 saturated heterocycles. The zero-order valence-corrected chi connectivity index (χ0v) is 11.5. The molecule has 0 aliphatic heterocycles. The van der Waals surface area contributed by atoms with E-state index in [1.807, 2.05) is 24.4 Å². The molecule has 22 heavy (non-hydrogen) atoms. The third kappa shape index (κ3) is 2.03. The molecule has 0 aliphatic rings. The molecule has 0 aliphatic carbocycles. The number of hydrogen-bond acceptors (Lipinski definition) is 3. The Bertz CT molecular complexity index is 930. The molecule has 1 aromatic carbocycles. The molecule has 0 radical (unpaired) electrons. The summed E-state index contributed by atoms with van der Waals surface area (Å²) >= 11 is 0. The first-order valence-electron chi connectivity index (χ1n) is 6.82. The lowest BCUT2D eigenvalue weighted by atomic mass is 10.1. The fraction of sp³-hybridized carbons (Fsp3) is 0. The summed E-state index contributed by atoms with van der Waals surface area (Å²) in [5.74, 6) is -0.274. The highest BCUT2D eigenvalue weighted by molar-refractivity contribution is 5.92. The number of pyridine rings is 2. The van der Waals surface area contributed by atoms with Gasteiger partial charge in [0, 0.05) is 29.5 Å². The Morgan fingerprint density at radius 2 is 1.77 bits per heavy atom. The van der Waals surface area contributed by atoms with Crippen LogP contribution in [0, 0.1) is 5.82 Å². The van der Waals surface area contributed by atoms with Crippen LogP contribution in [0.1, 0.15) is 0 Å². The van der Waals surface area contributed by atoms with E-state index in [0.29, 0.717) is 0 Å². The van der Waals surface area contributed by atoms with Crippen LogP contribution in [0.3, 0.4) is 0 Å². The number of nitrogens with zero attached hydrogens (tertiary/aromatic N) is 4. The van der Waals surface area contributed by atoms with Crippen LogP contribution in [-0.4, -0.2) is 19.7 Å². The molecule has 4 nitrogen and oxygen atoms in total. The lowest BCUT2D eigenvalue weighted by molar-refractivity contribution is 0.627. The molecule has 4 rings (SSSR count). The first kappa shape index (κ1) is 12.6. The second-order valence-corrected chi connectivity index (χ2v) is 4.87. The highest BCUT2D eigenvalue weighted by Gasteiger charge is 2.11. The maximum atomic E-state index is 13.1. The summed E-state index contributed by atoms with van der Waals surface area (Å²) in [5, 5.41) is 5.32. The van der Waals surface area contributed by atoms with Crippen molar-refractivity contribution in [2.75, 3.05) is 0 Å². The number of benzene rings is 1. The fourth-order valence-electron chi connectivity index (χ4n) is 2.47. The third-order valence-electron chi connectivity index (χ3n) is 3.52. The van der Waals surface area contributed by atoms with E-state index in [0.717, 1.165) is 27.8 Å². The van der Waals surface area contributed by atoms with Gasteiger partial charge in [0.05, 0.1) is 11.9 Å². The minimum atomic E-state index is -0.274. The standard InChI is InChI=1S/C17H11FN4/c18-13-3-5-14(6-4-13)22-17-16(11-21-22)15(7-9-20-17)12-2-1-8-19-10-12/h1-11H. The molecular weight excluding hydrogens is 279 g/mol. The molecule has 3 heterocycles. The number of hydrogen-bond donors (Lipinski definition) is 0. The second-order valence-electron chi connectivity index (χ2n) is 4.87. The summed E-state index contributed by atoms with van der Waals surface area (Å²) in [6, 6.07) is 12.0. The van der Waals surface area contributed by atoms with E-state index >= 15 is 0 Å². The van der Waals surface area contributed by atoms with Crippen LogP contribution < -0.4 is 0 Å². The van der Waals surface area contributed by atoms with Gasteiger partial charge in [-0.05, 0) is 42.0 Å². The topological polar surface area (TPSA) is 43.6 Å². The monoisotopic (exact) mass is 290 g/mol. The van der Waals surface area contributed by atoms with E-state index in [1.54, 1.807) is 35.4 Å². The Balaban J connectivity index is 1.92. The van der Waals surface area contributed by atoms with Gasteiger partial charge in [-0.3, -0.25) is 4.98 Å². The number of fused-ring (bicyclic) bond motifs is 1. The second kappa shape index (κ2) is 5.04. The van der Waals surface area contributed by atoms with Crippen molar-refractivity contribution in [3.63, 3.8) is 0 Å². The first-order valence-corrected chi connectivity index (χ1v) is 6.82. The Hall–Kier alpha value is -3.08. The molecule has 4 aromatic rings. The molecule has 0 saturated carbocycles. The predicted molar refractivity (Wildman–Crippen MR) is 82.1 cm³/mol. The van der Waals surface area contributed by atoms with Crippen molar-refractivity contribution in [1.82, 2.24) is 19.7 Å². The van der Waals surface area contributed by atoms with Crippen molar-refractivity contribution in [3.8, 4) is 16.8 Å². The lowest BCUT2D eigenvalue weighted by Gasteiger charge is -2.05. The van der Waals surface area contributed by atoms with E-state index in [4.69, 9.17) is 0 Å².